The molecule has 0 saturated heterocycles. The van der Waals surface area contributed by atoms with Crippen LogP contribution in [0.25, 0.3) is 10.8 Å². The molecule has 28 heavy (non-hydrogen) atoms. The number of carbonyl (C=O) groups is 2. The Hall–Kier alpha value is -3.25. The van der Waals surface area contributed by atoms with E-state index in [4.69, 9.17) is 25.8 Å². The average molecular weight is 400 g/mol. The van der Waals surface area contributed by atoms with Crippen LogP contribution in [0.2, 0.25) is 5.02 Å². The van der Waals surface area contributed by atoms with E-state index in [1.54, 1.807) is 25.3 Å². The van der Waals surface area contributed by atoms with Crippen LogP contribution in [0.5, 0.6) is 11.5 Å². The van der Waals surface area contributed by atoms with Gasteiger partial charge in [0.1, 0.15) is 11.5 Å². The first-order valence-electron chi connectivity index (χ1n) is 8.39. The number of amides is 1. The van der Waals surface area contributed by atoms with Gasteiger partial charge in [-0.1, -0.05) is 35.9 Å². The van der Waals surface area contributed by atoms with Crippen molar-refractivity contribution in [3.63, 3.8) is 0 Å². The topological polar surface area (TPSA) is 73.9 Å². The summed E-state index contributed by atoms with van der Waals surface area (Å²) in [6.45, 7) is -0.247. The highest BCUT2D eigenvalue weighted by molar-refractivity contribution is 6.31. The fourth-order valence-electron chi connectivity index (χ4n) is 2.79. The maximum atomic E-state index is 12.4. The third-order valence-corrected chi connectivity index (χ3v) is 4.32. The fourth-order valence-corrected chi connectivity index (χ4v) is 2.96. The van der Waals surface area contributed by atoms with Gasteiger partial charge in [-0.05, 0) is 30.3 Å². The predicted octanol–water partition coefficient (Wildman–Crippen LogP) is 4.31. The zero-order valence-electron chi connectivity index (χ0n) is 15.3. The van der Waals surface area contributed by atoms with E-state index in [1.807, 2.05) is 24.3 Å². The van der Waals surface area contributed by atoms with Crippen LogP contribution in [0, 0.1) is 0 Å². The molecule has 0 aromatic heterocycles. The van der Waals surface area contributed by atoms with Gasteiger partial charge in [0.25, 0.3) is 5.91 Å². The number of halogens is 1. The SMILES string of the molecule is COC(=O)c1ccc(Cl)cc1NC(=O)COc1ccc(OC)c2ccccc12. The molecule has 7 heteroatoms. The summed E-state index contributed by atoms with van der Waals surface area (Å²) in [5.41, 5.74) is 0.461. The molecule has 0 spiro atoms. The lowest BCUT2D eigenvalue weighted by atomic mass is 10.1. The van der Waals surface area contributed by atoms with Crippen molar-refractivity contribution in [2.24, 2.45) is 0 Å². The Labute approximate surface area is 167 Å². The van der Waals surface area contributed by atoms with Crippen molar-refractivity contribution in [2.75, 3.05) is 26.1 Å². The number of fused-ring (bicyclic) bond motifs is 1. The zero-order valence-corrected chi connectivity index (χ0v) is 16.1. The van der Waals surface area contributed by atoms with E-state index in [0.29, 0.717) is 16.5 Å². The molecule has 0 atom stereocenters. The summed E-state index contributed by atoms with van der Waals surface area (Å²) in [7, 11) is 2.86. The number of ether oxygens (including phenoxy) is 3. The molecule has 0 aliphatic heterocycles. The number of hydrogen-bond acceptors (Lipinski definition) is 5. The van der Waals surface area contributed by atoms with E-state index >= 15 is 0 Å². The van der Waals surface area contributed by atoms with Crippen molar-refractivity contribution in [3.8, 4) is 11.5 Å². The fraction of sp³-hybridized carbons (Fsp3) is 0.143. The van der Waals surface area contributed by atoms with Gasteiger partial charge < -0.3 is 19.5 Å². The minimum absolute atomic E-state index is 0.204. The van der Waals surface area contributed by atoms with Crippen molar-refractivity contribution >= 4 is 39.9 Å². The number of rotatable bonds is 6. The second kappa shape index (κ2) is 8.63. The summed E-state index contributed by atoms with van der Waals surface area (Å²) >= 11 is 5.97. The van der Waals surface area contributed by atoms with Crippen LogP contribution < -0.4 is 14.8 Å². The van der Waals surface area contributed by atoms with Crippen LogP contribution in [-0.4, -0.2) is 32.7 Å². The molecule has 0 saturated carbocycles. The maximum Gasteiger partial charge on any atom is 0.339 e. The lowest BCUT2D eigenvalue weighted by Crippen LogP contribution is -2.22. The molecule has 0 aliphatic rings. The highest BCUT2D eigenvalue weighted by atomic mass is 35.5. The first-order chi connectivity index (χ1) is 13.5. The Kier molecular flexibility index (Phi) is 6.01. The summed E-state index contributed by atoms with van der Waals surface area (Å²) in [4.78, 5) is 24.2. The van der Waals surface area contributed by atoms with Crippen molar-refractivity contribution in [2.45, 2.75) is 0 Å². The van der Waals surface area contributed by atoms with Crippen LogP contribution in [0.4, 0.5) is 5.69 Å². The molecule has 0 fully saturated rings. The van der Waals surface area contributed by atoms with Crippen molar-refractivity contribution in [1.29, 1.82) is 0 Å². The molecule has 3 aromatic carbocycles. The van der Waals surface area contributed by atoms with E-state index in [1.165, 1.54) is 19.2 Å². The lowest BCUT2D eigenvalue weighted by molar-refractivity contribution is -0.118. The van der Waals surface area contributed by atoms with Crippen molar-refractivity contribution < 1.29 is 23.8 Å². The first-order valence-corrected chi connectivity index (χ1v) is 8.77. The van der Waals surface area contributed by atoms with Gasteiger partial charge in [0, 0.05) is 15.8 Å². The van der Waals surface area contributed by atoms with Crippen LogP contribution in [-0.2, 0) is 9.53 Å². The molecule has 3 aromatic rings. The van der Waals surface area contributed by atoms with Gasteiger partial charge in [0.15, 0.2) is 6.61 Å². The summed E-state index contributed by atoms with van der Waals surface area (Å²) in [6, 6.07) is 15.6. The summed E-state index contributed by atoms with van der Waals surface area (Å²) in [5.74, 6) is 0.251. The van der Waals surface area contributed by atoms with E-state index in [9.17, 15) is 9.59 Å². The molecular weight excluding hydrogens is 382 g/mol. The quantitative estimate of drug-likeness (QED) is 0.625. The third-order valence-electron chi connectivity index (χ3n) is 4.08. The molecule has 0 aliphatic carbocycles. The minimum atomic E-state index is -0.575. The predicted molar refractivity (Wildman–Crippen MR) is 107 cm³/mol. The van der Waals surface area contributed by atoms with E-state index in [2.05, 4.69) is 5.32 Å². The molecule has 6 nitrogen and oxygen atoms in total. The monoisotopic (exact) mass is 399 g/mol. The van der Waals surface area contributed by atoms with Crippen molar-refractivity contribution in [1.82, 2.24) is 0 Å². The van der Waals surface area contributed by atoms with Gasteiger partial charge in [-0.25, -0.2) is 4.79 Å². The molecule has 0 bridgehead atoms. The second-order valence-corrected chi connectivity index (χ2v) is 6.27. The number of methoxy groups -OCH3 is 2. The zero-order chi connectivity index (χ0) is 20.1. The van der Waals surface area contributed by atoms with E-state index in [-0.39, 0.29) is 17.9 Å². The smallest absolute Gasteiger partial charge is 0.339 e. The Balaban J connectivity index is 1.77. The van der Waals surface area contributed by atoms with Crippen molar-refractivity contribution in [3.05, 3.63) is 65.2 Å². The molecule has 1 amide bonds. The van der Waals surface area contributed by atoms with Crippen LogP contribution in [0.1, 0.15) is 10.4 Å². The summed E-state index contributed by atoms with van der Waals surface area (Å²) in [5, 5.41) is 4.72. The number of esters is 1. The van der Waals surface area contributed by atoms with Gasteiger partial charge in [-0.2, -0.15) is 0 Å². The highest BCUT2D eigenvalue weighted by Crippen LogP contribution is 2.32. The Morgan fingerprint density at radius 1 is 0.964 bits per heavy atom. The number of benzene rings is 3. The average Bonchev–Trinajstić information content (AvgIpc) is 2.71. The van der Waals surface area contributed by atoms with Crippen LogP contribution in [0.3, 0.4) is 0 Å². The Bertz CT molecular complexity index is 1030. The first kappa shape index (κ1) is 19.5. The molecular formula is C21H18ClNO5. The Morgan fingerprint density at radius 2 is 1.64 bits per heavy atom. The van der Waals surface area contributed by atoms with Gasteiger partial charge >= 0.3 is 5.97 Å². The number of anilines is 1. The van der Waals surface area contributed by atoms with Gasteiger partial charge in [-0.15, -0.1) is 0 Å². The molecule has 0 unspecified atom stereocenters. The van der Waals surface area contributed by atoms with Crippen LogP contribution >= 0.6 is 11.6 Å². The van der Waals surface area contributed by atoms with E-state index < -0.39 is 11.9 Å². The van der Waals surface area contributed by atoms with Gasteiger partial charge in [0.2, 0.25) is 0 Å². The number of hydrogen-bond donors (Lipinski definition) is 1. The largest absolute Gasteiger partial charge is 0.496 e. The highest BCUT2D eigenvalue weighted by Gasteiger charge is 2.15. The number of carbonyl (C=O) groups excluding carboxylic acids is 2. The van der Waals surface area contributed by atoms with E-state index in [0.717, 1.165) is 10.8 Å². The lowest BCUT2D eigenvalue weighted by Gasteiger charge is -2.13. The summed E-state index contributed by atoms with van der Waals surface area (Å²) in [6.07, 6.45) is 0. The molecule has 1 N–H and O–H groups in total. The van der Waals surface area contributed by atoms with Crippen LogP contribution in [0.15, 0.2) is 54.6 Å². The molecule has 0 radical (unpaired) electrons. The molecule has 3 rings (SSSR count). The van der Waals surface area contributed by atoms with Gasteiger partial charge in [-0.3, -0.25) is 4.79 Å². The Morgan fingerprint density at radius 3 is 2.32 bits per heavy atom. The second-order valence-electron chi connectivity index (χ2n) is 5.83. The standard InChI is InChI=1S/C21H18ClNO5/c1-26-18-9-10-19(15-6-4-3-5-14(15)18)28-12-20(24)23-17-11-13(22)7-8-16(17)21(25)27-2/h3-11H,12H2,1-2H3,(H,23,24). The minimum Gasteiger partial charge on any atom is -0.496 e. The third kappa shape index (κ3) is 4.18. The normalized spacial score (nSPS) is 10.4. The van der Waals surface area contributed by atoms with Gasteiger partial charge in [0.05, 0.1) is 25.5 Å². The molecule has 144 valence electrons. The summed E-state index contributed by atoms with van der Waals surface area (Å²) < 4.78 is 15.8. The number of nitrogens with one attached hydrogen (secondary N) is 1. The maximum absolute atomic E-state index is 12.4. The molecule has 0 heterocycles.